The number of fused-ring (bicyclic) bond motifs is 2. The minimum atomic E-state index is -0.182. The van der Waals surface area contributed by atoms with Gasteiger partial charge in [-0.1, -0.05) is 35.9 Å². The first-order valence-corrected chi connectivity index (χ1v) is 9.35. The van der Waals surface area contributed by atoms with E-state index in [1.807, 2.05) is 48.5 Å². The third kappa shape index (κ3) is 3.06. The predicted molar refractivity (Wildman–Crippen MR) is 104 cm³/mol. The van der Waals surface area contributed by atoms with Gasteiger partial charge in [0, 0.05) is 28.5 Å². The molecule has 0 amide bonds. The molecule has 3 nitrogen and oxygen atoms in total. The molecular weight excluding hydrogens is 346 g/mol. The van der Waals surface area contributed by atoms with Crippen LogP contribution < -0.4 is 0 Å². The Balaban J connectivity index is 1.73. The Hall–Kier alpha value is -2.10. The van der Waals surface area contributed by atoms with Gasteiger partial charge in [0.05, 0.1) is 0 Å². The Morgan fingerprint density at radius 2 is 2.04 bits per heavy atom. The maximum Gasteiger partial charge on any atom is 0.161 e. The normalized spacial score (nSPS) is 27.7. The van der Waals surface area contributed by atoms with E-state index in [-0.39, 0.29) is 23.0 Å². The molecule has 2 aromatic rings. The largest absolute Gasteiger partial charge is 0.508 e. The summed E-state index contributed by atoms with van der Waals surface area (Å²) in [6.07, 6.45) is 4.31. The number of piperidine rings is 1. The van der Waals surface area contributed by atoms with E-state index in [2.05, 4.69) is 11.9 Å². The molecule has 1 aliphatic heterocycles. The third-order valence-electron chi connectivity index (χ3n) is 5.87. The van der Waals surface area contributed by atoms with Gasteiger partial charge in [-0.3, -0.25) is 9.69 Å². The lowest BCUT2D eigenvalue weighted by atomic mass is 9.61. The summed E-state index contributed by atoms with van der Waals surface area (Å²) >= 11 is 6.10. The Kier molecular flexibility index (Phi) is 4.37. The second kappa shape index (κ2) is 6.57. The van der Waals surface area contributed by atoms with E-state index in [0.29, 0.717) is 11.4 Å². The van der Waals surface area contributed by atoms with E-state index >= 15 is 0 Å². The molecule has 2 atom stereocenters. The molecule has 2 fully saturated rings. The molecule has 1 aliphatic carbocycles. The topological polar surface area (TPSA) is 40.5 Å². The summed E-state index contributed by atoms with van der Waals surface area (Å²) in [6.45, 7) is 0.931. The summed E-state index contributed by atoms with van der Waals surface area (Å²) < 4.78 is 0. The second-order valence-electron chi connectivity index (χ2n) is 7.54. The molecule has 4 heteroatoms. The highest BCUT2D eigenvalue weighted by Crippen LogP contribution is 2.47. The molecule has 0 unspecified atom stereocenters. The molecular formula is C22H22ClNO2. The third-order valence-corrected chi connectivity index (χ3v) is 6.10. The summed E-state index contributed by atoms with van der Waals surface area (Å²) in [5.41, 5.74) is 2.72. The van der Waals surface area contributed by atoms with Crippen molar-refractivity contribution in [2.24, 2.45) is 0 Å². The second-order valence-corrected chi connectivity index (χ2v) is 7.97. The minimum Gasteiger partial charge on any atom is -0.508 e. The number of nitrogens with zero attached hydrogens (tertiary/aromatic N) is 1. The van der Waals surface area contributed by atoms with Crippen LogP contribution in [0.25, 0.3) is 6.08 Å². The van der Waals surface area contributed by atoms with Crippen LogP contribution >= 0.6 is 11.6 Å². The number of halogens is 1. The zero-order chi connectivity index (χ0) is 18.3. The fraction of sp³-hybridized carbons (Fsp3) is 0.318. The molecule has 26 heavy (non-hydrogen) atoms. The molecule has 0 radical (unpaired) electrons. The average Bonchev–Trinajstić information content (AvgIpc) is 2.61. The van der Waals surface area contributed by atoms with Gasteiger partial charge < -0.3 is 5.11 Å². The van der Waals surface area contributed by atoms with Crippen molar-refractivity contribution in [1.82, 2.24) is 4.90 Å². The molecule has 4 rings (SSSR count). The number of likely N-dealkylation sites (tertiary alicyclic amines) is 1. The van der Waals surface area contributed by atoms with Crippen LogP contribution in [0, 0.1) is 0 Å². The molecule has 1 heterocycles. The van der Waals surface area contributed by atoms with E-state index in [1.165, 1.54) is 0 Å². The lowest BCUT2D eigenvalue weighted by molar-refractivity contribution is -0.120. The van der Waals surface area contributed by atoms with Crippen molar-refractivity contribution >= 4 is 23.5 Å². The van der Waals surface area contributed by atoms with Crippen molar-refractivity contribution in [2.75, 3.05) is 13.6 Å². The van der Waals surface area contributed by atoms with Gasteiger partial charge >= 0.3 is 0 Å². The van der Waals surface area contributed by atoms with Gasteiger partial charge in [0.25, 0.3) is 0 Å². The highest BCUT2D eigenvalue weighted by molar-refractivity contribution is 6.30. The first kappa shape index (κ1) is 17.3. The molecule has 1 saturated carbocycles. The van der Waals surface area contributed by atoms with Crippen molar-refractivity contribution < 1.29 is 9.90 Å². The number of likely N-dealkylation sites (N-methyl/N-ethyl adjacent to an activating group) is 1. The van der Waals surface area contributed by atoms with Crippen molar-refractivity contribution in [3.05, 3.63) is 70.3 Å². The number of phenolic OH excluding ortho intramolecular Hbond substituents is 1. The van der Waals surface area contributed by atoms with Crippen molar-refractivity contribution in [3.8, 4) is 5.75 Å². The summed E-state index contributed by atoms with van der Waals surface area (Å²) in [7, 11) is 2.08. The van der Waals surface area contributed by atoms with Crippen LogP contribution in [0.2, 0.25) is 5.02 Å². The molecule has 0 spiro atoms. The quantitative estimate of drug-likeness (QED) is 0.798. The molecule has 2 bridgehead atoms. The summed E-state index contributed by atoms with van der Waals surface area (Å²) in [4.78, 5) is 15.4. The highest BCUT2D eigenvalue weighted by atomic mass is 35.5. The number of benzene rings is 2. The number of aromatic hydroxyl groups is 1. The SMILES string of the molecule is CN1CC[C@]2(c3cccc(O)c3)CC(=O)/C(=C/c3cccc(Cl)c3)[C@@H]1C2. The summed E-state index contributed by atoms with van der Waals surface area (Å²) in [5.74, 6) is 0.455. The van der Waals surface area contributed by atoms with Crippen LogP contribution in [0.1, 0.15) is 30.4 Å². The van der Waals surface area contributed by atoms with Crippen LogP contribution in [0.5, 0.6) is 5.75 Å². The van der Waals surface area contributed by atoms with Crippen molar-refractivity contribution in [2.45, 2.75) is 30.7 Å². The van der Waals surface area contributed by atoms with Gasteiger partial charge in [0.1, 0.15) is 5.75 Å². The standard InChI is InChI=1S/C22H22ClNO2/c1-24-9-8-22(16-5-3-7-18(25)12-16)13-20(24)19(21(26)14-22)11-15-4-2-6-17(23)10-15/h2-7,10-12,20,25H,8-9,13-14H2,1H3/b19-11+/t20-,22+/m0/s1. The number of carbonyl (C=O) groups is 1. The van der Waals surface area contributed by atoms with Gasteiger partial charge in [-0.2, -0.15) is 0 Å². The van der Waals surface area contributed by atoms with E-state index in [1.54, 1.807) is 6.07 Å². The van der Waals surface area contributed by atoms with E-state index in [9.17, 15) is 9.90 Å². The van der Waals surface area contributed by atoms with Gasteiger partial charge in [-0.25, -0.2) is 0 Å². The van der Waals surface area contributed by atoms with E-state index in [0.717, 1.165) is 36.1 Å². The number of phenols is 1. The minimum absolute atomic E-state index is 0.0892. The number of rotatable bonds is 2. The number of hydrogen-bond acceptors (Lipinski definition) is 3. The van der Waals surface area contributed by atoms with Gasteiger partial charge in [-0.15, -0.1) is 0 Å². The molecule has 1 saturated heterocycles. The first-order valence-electron chi connectivity index (χ1n) is 8.97. The van der Waals surface area contributed by atoms with E-state index < -0.39 is 0 Å². The van der Waals surface area contributed by atoms with Crippen LogP contribution in [0.4, 0.5) is 0 Å². The Bertz CT molecular complexity index is 891. The molecule has 2 aliphatic rings. The Labute approximate surface area is 158 Å². The summed E-state index contributed by atoms with van der Waals surface area (Å²) in [6, 6.07) is 15.1. The summed E-state index contributed by atoms with van der Waals surface area (Å²) in [5, 5.41) is 10.6. The lowest BCUT2D eigenvalue weighted by Gasteiger charge is -2.50. The lowest BCUT2D eigenvalue weighted by Crippen LogP contribution is -2.53. The fourth-order valence-corrected chi connectivity index (χ4v) is 4.63. The molecule has 1 N–H and O–H groups in total. The maximum atomic E-state index is 13.1. The van der Waals surface area contributed by atoms with Crippen molar-refractivity contribution in [3.63, 3.8) is 0 Å². The van der Waals surface area contributed by atoms with Gasteiger partial charge in [-0.05, 0) is 67.9 Å². The zero-order valence-electron chi connectivity index (χ0n) is 14.8. The molecule has 134 valence electrons. The molecule has 2 aromatic carbocycles. The smallest absolute Gasteiger partial charge is 0.161 e. The number of carbonyl (C=O) groups excluding carboxylic acids is 1. The number of ketones is 1. The highest BCUT2D eigenvalue weighted by Gasteiger charge is 2.48. The van der Waals surface area contributed by atoms with Crippen LogP contribution in [0.3, 0.4) is 0 Å². The Morgan fingerprint density at radius 1 is 1.23 bits per heavy atom. The predicted octanol–water partition coefficient (Wildman–Crippen LogP) is 4.43. The average molecular weight is 368 g/mol. The van der Waals surface area contributed by atoms with Crippen molar-refractivity contribution in [1.29, 1.82) is 0 Å². The first-order chi connectivity index (χ1) is 12.5. The van der Waals surface area contributed by atoms with E-state index in [4.69, 9.17) is 11.6 Å². The zero-order valence-corrected chi connectivity index (χ0v) is 15.5. The van der Waals surface area contributed by atoms with Gasteiger partial charge in [0.15, 0.2) is 5.78 Å². The van der Waals surface area contributed by atoms with Gasteiger partial charge in [0.2, 0.25) is 0 Å². The number of hydrogen-bond donors (Lipinski definition) is 1. The fourth-order valence-electron chi connectivity index (χ4n) is 4.43. The van der Waals surface area contributed by atoms with Crippen LogP contribution in [-0.2, 0) is 10.2 Å². The number of Topliss-reactive ketones (excluding diaryl/α,β-unsaturated/α-hetero) is 1. The van der Waals surface area contributed by atoms with Crippen LogP contribution in [-0.4, -0.2) is 35.4 Å². The maximum absolute atomic E-state index is 13.1. The monoisotopic (exact) mass is 367 g/mol. The van der Waals surface area contributed by atoms with Crippen LogP contribution in [0.15, 0.2) is 54.1 Å². The Morgan fingerprint density at radius 3 is 2.81 bits per heavy atom. The molecule has 0 aromatic heterocycles.